The summed E-state index contributed by atoms with van der Waals surface area (Å²) < 4.78 is 9.51. The highest BCUT2D eigenvalue weighted by molar-refractivity contribution is 6.00. The number of imidazole rings is 2. The third-order valence-corrected chi connectivity index (χ3v) is 4.70. The molecule has 1 saturated heterocycles. The lowest BCUT2D eigenvalue weighted by atomic mass is 10.2. The van der Waals surface area contributed by atoms with E-state index in [2.05, 4.69) is 29.1 Å². The standard InChI is InChI=1S/C19H23N5O2/c1-13(2)23-11-15(21-12-23)18-22-17(16-7-3-4-8-24(16)18)19(25)20-10-14-6-5-9-26-14/h3-4,7-8,11-14H,5-6,9-10H2,1-2H3,(H,20,25). The van der Waals surface area contributed by atoms with E-state index in [1.54, 1.807) is 6.33 Å². The zero-order valence-corrected chi connectivity index (χ0v) is 15.1. The Kier molecular flexibility index (Phi) is 4.46. The van der Waals surface area contributed by atoms with Crippen molar-refractivity contribution in [2.24, 2.45) is 0 Å². The van der Waals surface area contributed by atoms with Gasteiger partial charge in [-0.1, -0.05) is 6.07 Å². The number of amides is 1. The summed E-state index contributed by atoms with van der Waals surface area (Å²) >= 11 is 0. The van der Waals surface area contributed by atoms with Gasteiger partial charge in [0.2, 0.25) is 0 Å². The number of ether oxygens (including phenoxy) is 1. The minimum atomic E-state index is -0.182. The van der Waals surface area contributed by atoms with Gasteiger partial charge in [-0.3, -0.25) is 9.20 Å². The Morgan fingerprint density at radius 1 is 1.42 bits per heavy atom. The van der Waals surface area contributed by atoms with E-state index in [0.717, 1.165) is 30.7 Å². The van der Waals surface area contributed by atoms with Gasteiger partial charge in [-0.05, 0) is 38.8 Å². The minimum absolute atomic E-state index is 0.106. The molecule has 0 aliphatic carbocycles. The van der Waals surface area contributed by atoms with Crippen LogP contribution in [0.25, 0.3) is 17.0 Å². The van der Waals surface area contributed by atoms with E-state index < -0.39 is 0 Å². The maximum atomic E-state index is 12.7. The zero-order valence-electron chi connectivity index (χ0n) is 15.1. The summed E-state index contributed by atoms with van der Waals surface area (Å²) in [6.07, 6.45) is 7.80. The van der Waals surface area contributed by atoms with Gasteiger partial charge in [0.25, 0.3) is 5.91 Å². The predicted octanol–water partition coefficient (Wildman–Crippen LogP) is 2.69. The monoisotopic (exact) mass is 353 g/mol. The van der Waals surface area contributed by atoms with Crippen LogP contribution in [0.15, 0.2) is 36.9 Å². The first-order valence-corrected chi connectivity index (χ1v) is 9.04. The molecule has 1 N–H and O–H groups in total. The van der Waals surface area contributed by atoms with Crippen LogP contribution in [0, 0.1) is 0 Å². The number of carbonyl (C=O) groups excluding carboxylic acids is 1. The van der Waals surface area contributed by atoms with Crippen LogP contribution < -0.4 is 5.32 Å². The molecule has 0 aromatic carbocycles. The fourth-order valence-electron chi connectivity index (χ4n) is 3.22. The summed E-state index contributed by atoms with van der Waals surface area (Å²) in [4.78, 5) is 21.8. The van der Waals surface area contributed by atoms with E-state index in [9.17, 15) is 4.79 Å². The van der Waals surface area contributed by atoms with E-state index >= 15 is 0 Å². The summed E-state index contributed by atoms with van der Waals surface area (Å²) in [6.45, 7) is 5.48. The summed E-state index contributed by atoms with van der Waals surface area (Å²) in [6, 6.07) is 6.05. The maximum Gasteiger partial charge on any atom is 0.272 e. The molecule has 7 nitrogen and oxygen atoms in total. The molecule has 136 valence electrons. The quantitative estimate of drug-likeness (QED) is 0.765. The van der Waals surface area contributed by atoms with Gasteiger partial charge >= 0.3 is 0 Å². The van der Waals surface area contributed by atoms with E-state index in [1.165, 1.54) is 0 Å². The minimum Gasteiger partial charge on any atom is -0.376 e. The molecular formula is C19H23N5O2. The molecule has 0 spiro atoms. The first kappa shape index (κ1) is 16.8. The highest BCUT2D eigenvalue weighted by Crippen LogP contribution is 2.22. The predicted molar refractivity (Wildman–Crippen MR) is 98.1 cm³/mol. The Morgan fingerprint density at radius 2 is 2.31 bits per heavy atom. The second kappa shape index (κ2) is 6.92. The summed E-state index contributed by atoms with van der Waals surface area (Å²) in [5.74, 6) is 0.487. The van der Waals surface area contributed by atoms with Crippen molar-refractivity contribution in [2.75, 3.05) is 13.2 Å². The van der Waals surface area contributed by atoms with Gasteiger partial charge < -0.3 is 14.6 Å². The molecule has 0 radical (unpaired) electrons. The van der Waals surface area contributed by atoms with Gasteiger partial charge in [-0.25, -0.2) is 9.97 Å². The van der Waals surface area contributed by atoms with Gasteiger partial charge in [-0.2, -0.15) is 0 Å². The number of hydrogen-bond donors (Lipinski definition) is 1. The number of rotatable bonds is 5. The molecule has 3 aromatic rings. The molecule has 1 amide bonds. The third kappa shape index (κ3) is 3.10. The molecule has 1 atom stereocenters. The van der Waals surface area contributed by atoms with Gasteiger partial charge in [0, 0.05) is 31.6 Å². The second-order valence-corrected chi connectivity index (χ2v) is 6.88. The Labute approximate surface area is 152 Å². The highest BCUT2D eigenvalue weighted by Gasteiger charge is 2.22. The van der Waals surface area contributed by atoms with Gasteiger partial charge in [-0.15, -0.1) is 0 Å². The molecule has 1 aliphatic rings. The average molecular weight is 353 g/mol. The van der Waals surface area contributed by atoms with Crippen molar-refractivity contribution in [3.8, 4) is 11.5 Å². The molecule has 7 heteroatoms. The van der Waals surface area contributed by atoms with Crippen LogP contribution in [0.4, 0.5) is 0 Å². The molecule has 0 bridgehead atoms. The number of nitrogens with zero attached hydrogens (tertiary/aromatic N) is 4. The van der Waals surface area contributed by atoms with Gasteiger partial charge in [0.05, 0.1) is 17.9 Å². The topological polar surface area (TPSA) is 73.5 Å². The van der Waals surface area contributed by atoms with Crippen molar-refractivity contribution in [1.29, 1.82) is 0 Å². The van der Waals surface area contributed by atoms with Crippen molar-refractivity contribution in [3.05, 3.63) is 42.6 Å². The van der Waals surface area contributed by atoms with Gasteiger partial charge in [0.15, 0.2) is 11.5 Å². The van der Waals surface area contributed by atoms with Crippen LogP contribution in [-0.4, -0.2) is 44.1 Å². The van der Waals surface area contributed by atoms with Crippen LogP contribution in [-0.2, 0) is 4.74 Å². The van der Waals surface area contributed by atoms with Crippen molar-refractivity contribution in [3.63, 3.8) is 0 Å². The number of carbonyl (C=O) groups is 1. The fraction of sp³-hybridized carbons (Fsp3) is 0.421. The lowest BCUT2D eigenvalue weighted by Crippen LogP contribution is -2.32. The molecule has 26 heavy (non-hydrogen) atoms. The molecular weight excluding hydrogens is 330 g/mol. The molecule has 1 aliphatic heterocycles. The number of pyridine rings is 1. The molecule has 4 heterocycles. The molecule has 4 rings (SSSR count). The van der Waals surface area contributed by atoms with E-state index in [-0.39, 0.29) is 12.0 Å². The van der Waals surface area contributed by atoms with Crippen LogP contribution in [0.1, 0.15) is 43.2 Å². The van der Waals surface area contributed by atoms with Crippen LogP contribution in [0.2, 0.25) is 0 Å². The van der Waals surface area contributed by atoms with Gasteiger partial charge in [0.1, 0.15) is 5.69 Å². The average Bonchev–Trinajstić information content (AvgIpc) is 3.37. The number of nitrogens with one attached hydrogen (secondary N) is 1. The lowest BCUT2D eigenvalue weighted by Gasteiger charge is -2.09. The van der Waals surface area contributed by atoms with E-state index in [0.29, 0.717) is 24.1 Å². The maximum absolute atomic E-state index is 12.7. The summed E-state index contributed by atoms with van der Waals surface area (Å²) in [5, 5.41) is 2.96. The lowest BCUT2D eigenvalue weighted by molar-refractivity contribution is 0.0855. The highest BCUT2D eigenvalue weighted by atomic mass is 16.5. The largest absolute Gasteiger partial charge is 0.376 e. The second-order valence-electron chi connectivity index (χ2n) is 6.88. The Bertz CT molecular complexity index is 921. The normalized spacial score (nSPS) is 17.3. The first-order chi connectivity index (χ1) is 12.6. The van der Waals surface area contributed by atoms with Crippen molar-refractivity contribution in [1.82, 2.24) is 24.3 Å². The van der Waals surface area contributed by atoms with Crippen LogP contribution >= 0.6 is 0 Å². The molecule has 3 aromatic heterocycles. The summed E-state index contributed by atoms with van der Waals surface area (Å²) in [5.41, 5.74) is 1.93. The number of aromatic nitrogens is 4. The zero-order chi connectivity index (χ0) is 18.1. The van der Waals surface area contributed by atoms with Crippen molar-refractivity contribution in [2.45, 2.75) is 38.8 Å². The smallest absolute Gasteiger partial charge is 0.272 e. The number of hydrogen-bond acceptors (Lipinski definition) is 4. The van der Waals surface area contributed by atoms with Crippen LogP contribution in [0.5, 0.6) is 0 Å². The van der Waals surface area contributed by atoms with E-state index in [1.807, 2.05) is 39.6 Å². The van der Waals surface area contributed by atoms with Crippen molar-refractivity contribution >= 4 is 11.4 Å². The fourth-order valence-corrected chi connectivity index (χ4v) is 3.22. The Morgan fingerprint density at radius 3 is 3.04 bits per heavy atom. The van der Waals surface area contributed by atoms with E-state index in [4.69, 9.17) is 4.74 Å². The number of fused-ring (bicyclic) bond motifs is 1. The third-order valence-electron chi connectivity index (χ3n) is 4.70. The first-order valence-electron chi connectivity index (χ1n) is 9.04. The molecule has 1 fully saturated rings. The Hall–Kier alpha value is -2.67. The van der Waals surface area contributed by atoms with Crippen LogP contribution in [0.3, 0.4) is 0 Å². The van der Waals surface area contributed by atoms with Crippen molar-refractivity contribution < 1.29 is 9.53 Å². The summed E-state index contributed by atoms with van der Waals surface area (Å²) in [7, 11) is 0. The molecule has 0 saturated carbocycles. The SMILES string of the molecule is CC(C)n1cnc(-c2nc(C(=O)NCC3CCCO3)c3ccccn23)c1. The molecule has 1 unspecified atom stereocenters. The Balaban J connectivity index is 1.65.